The highest BCUT2D eigenvalue weighted by molar-refractivity contribution is 6.42. The van der Waals surface area contributed by atoms with Gasteiger partial charge >= 0.3 is 0 Å². The van der Waals surface area contributed by atoms with E-state index < -0.39 is 0 Å². The van der Waals surface area contributed by atoms with Crippen molar-refractivity contribution in [2.75, 3.05) is 13.2 Å². The molecule has 0 saturated heterocycles. The Bertz CT molecular complexity index is 378. The first-order valence-corrected chi connectivity index (χ1v) is 7.32. The topological polar surface area (TPSA) is 21.3 Å². The molecule has 1 saturated carbocycles. The Balaban J connectivity index is 1.66. The summed E-state index contributed by atoms with van der Waals surface area (Å²) in [6, 6.07) is 6.03. The number of ether oxygens (including phenoxy) is 1. The molecule has 1 aromatic carbocycles. The zero-order chi connectivity index (χ0) is 12.8. The van der Waals surface area contributed by atoms with Gasteiger partial charge in [0.15, 0.2) is 0 Å². The predicted molar refractivity (Wildman–Crippen MR) is 76.8 cm³/mol. The lowest BCUT2D eigenvalue weighted by molar-refractivity contribution is 0.289. The molecule has 1 fully saturated rings. The van der Waals surface area contributed by atoms with Gasteiger partial charge in [-0.15, -0.1) is 0 Å². The largest absolute Gasteiger partial charge is 0.492 e. The van der Waals surface area contributed by atoms with Crippen LogP contribution in [0.15, 0.2) is 18.2 Å². The molecule has 0 radical (unpaired) electrons. The van der Waals surface area contributed by atoms with E-state index in [-0.39, 0.29) is 0 Å². The van der Waals surface area contributed by atoms with Crippen LogP contribution < -0.4 is 10.1 Å². The Hall–Kier alpha value is -0.440. The second kappa shape index (κ2) is 7.22. The SMILES string of the molecule is Clc1ccc(OCCNC2CCCCC2)cc1Cl. The van der Waals surface area contributed by atoms with Crippen LogP contribution in [0.5, 0.6) is 5.75 Å². The molecule has 2 nitrogen and oxygen atoms in total. The first-order chi connectivity index (χ1) is 8.75. The zero-order valence-electron chi connectivity index (χ0n) is 10.4. The molecule has 0 bridgehead atoms. The van der Waals surface area contributed by atoms with Crippen molar-refractivity contribution in [1.82, 2.24) is 5.32 Å². The third-order valence-corrected chi connectivity index (χ3v) is 4.04. The van der Waals surface area contributed by atoms with Crippen molar-refractivity contribution < 1.29 is 4.74 Å². The minimum Gasteiger partial charge on any atom is -0.492 e. The molecule has 1 aliphatic carbocycles. The summed E-state index contributed by atoms with van der Waals surface area (Å²) in [4.78, 5) is 0. The van der Waals surface area contributed by atoms with Gasteiger partial charge in [-0.25, -0.2) is 0 Å². The Morgan fingerprint density at radius 1 is 1.11 bits per heavy atom. The van der Waals surface area contributed by atoms with Gasteiger partial charge in [0.2, 0.25) is 0 Å². The molecule has 1 aliphatic rings. The lowest BCUT2D eigenvalue weighted by Crippen LogP contribution is -2.34. The Kier molecular flexibility index (Phi) is 5.61. The highest BCUT2D eigenvalue weighted by Crippen LogP contribution is 2.26. The number of benzene rings is 1. The van der Waals surface area contributed by atoms with Gasteiger partial charge in [0.25, 0.3) is 0 Å². The van der Waals surface area contributed by atoms with E-state index in [0.29, 0.717) is 22.7 Å². The van der Waals surface area contributed by atoms with Crippen LogP contribution in [0.1, 0.15) is 32.1 Å². The van der Waals surface area contributed by atoms with Gasteiger partial charge in [-0.3, -0.25) is 0 Å². The third-order valence-electron chi connectivity index (χ3n) is 3.30. The van der Waals surface area contributed by atoms with E-state index in [2.05, 4.69) is 5.32 Å². The van der Waals surface area contributed by atoms with Crippen molar-refractivity contribution in [3.05, 3.63) is 28.2 Å². The molecule has 0 atom stereocenters. The van der Waals surface area contributed by atoms with Crippen LogP contribution in [-0.2, 0) is 0 Å². The van der Waals surface area contributed by atoms with E-state index in [9.17, 15) is 0 Å². The third kappa shape index (κ3) is 4.34. The lowest BCUT2D eigenvalue weighted by Gasteiger charge is -2.22. The van der Waals surface area contributed by atoms with E-state index in [1.54, 1.807) is 12.1 Å². The average molecular weight is 288 g/mol. The number of nitrogens with one attached hydrogen (secondary N) is 1. The summed E-state index contributed by atoms with van der Waals surface area (Å²) in [5.74, 6) is 0.773. The monoisotopic (exact) mass is 287 g/mol. The molecule has 0 aliphatic heterocycles. The van der Waals surface area contributed by atoms with Gasteiger partial charge in [-0.1, -0.05) is 42.5 Å². The van der Waals surface area contributed by atoms with Crippen molar-refractivity contribution in [3.63, 3.8) is 0 Å². The summed E-state index contributed by atoms with van der Waals surface area (Å²) in [7, 11) is 0. The molecule has 100 valence electrons. The van der Waals surface area contributed by atoms with Crippen molar-refractivity contribution >= 4 is 23.2 Å². The van der Waals surface area contributed by atoms with E-state index in [0.717, 1.165) is 12.3 Å². The summed E-state index contributed by atoms with van der Waals surface area (Å²) in [6.07, 6.45) is 6.69. The standard InChI is InChI=1S/C14H19Cl2NO/c15-13-7-6-12(10-14(13)16)18-9-8-17-11-4-2-1-3-5-11/h6-7,10-11,17H,1-5,8-9H2. The fourth-order valence-electron chi connectivity index (χ4n) is 2.31. The average Bonchev–Trinajstić information content (AvgIpc) is 2.40. The highest BCUT2D eigenvalue weighted by Gasteiger charge is 2.11. The first kappa shape index (κ1) is 14.0. The second-order valence-electron chi connectivity index (χ2n) is 4.71. The Morgan fingerprint density at radius 3 is 2.61 bits per heavy atom. The van der Waals surface area contributed by atoms with Gasteiger partial charge in [-0.05, 0) is 25.0 Å². The predicted octanol–water partition coefficient (Wildman–Crippen LogP) is 4.29. The number of hydrogen-bond acceptors (Lipinski definition) is 2. The van der Waals surface area contributed by atoms with Crippen LogP contribution in [0.25, 0.3) is 0 Å². The van der Waals surface area contributed by atoms with Crippen LogP contribution >= 0.6 is 23.2 Å². The summed E-state index contributed by atoms with van der Waals surface area (Å²) < 4.78 is 5.63. The lowest BCUT2D eigenvalue weighted by atomic mass is 9.96. The summed E-state index contributed by atoms with van der Waals surface area (Å²) in [6.45, 7) is 1.54. The van der Waals surface area contributed by atoms with Crippen LogP contribution in [0.2, 0.25) is 10.0 Å². The number of hydrogen-bond donors (Lipinski definition) is 1. The molecule has 0 spiro atoms. The molecule has 18 heavy (non-hydrogen) atoms. The quantitative estimate of drug-likeness (QED) is 0.816. The Morgan fingerprint density at radius 2 is 1.89 bits per heavy atom. The van der Waals surface area contributed by atoms with Crippen LogP contribution in [-0.4, -0.2) is 19.2 Å². The molecule has 0 amide bonds. The molecule has 0 unspecified atom stereocenters. The van der Waals surface area contributed by atoms with E-state index in [1.807, 2.05) is 6.07 Å². The fraction of sp³-hybridized carbons (Fsp3) is 0.571. The van der Waals surface area contributed by atoms with Crippen molar-refractivity contribution in [3.8, 4) is 5.75 Å². The maximum atomic E-state index is 5.92. The normalized spacial score (nSPS) is 16.8. The van der Waals surface area contributed by atoms with Crippen molar-refractivity contribution in [2.24, 2.45) is 0 Å². The van der Waals surface area contributed by atoms with Gasteiger partial charge in [0.05, 0.1) is 10.0 Å². The van der Waals surface area contributed by atoms with E-state index >= 15 is 0 Å². The summed E-state index contributed by atoms with van der Waals surface area (Å²) in [5, 5.41) is 4.63. The summed E-state index contributed by atoms with van der Waals surface area (Å²) >= 11 is 11.8. The minimum atomic E-state index is 0.536. The van der Waals surface area contributed by atoms with Gasteiger partial charge < -0.3 is 10.1 Å². The van der Waals surface area contributed by atoms with E-state index in [1.165, 1.54) is 32.1 Å². The molecular weight excluding hydrogens is 269 g/mol. The highest BCUT2D eigenvalue weighted by atomic mass is 35.5. The van der Waals surface area contributed by atoms with Crippen LogP contribution in [0.3, 0.4) is 0 Å². The fourth-order valence-corrected chi connectivity index (χ4v) is 2.59. The molecule has 0 heterocycles. The first-order valence-electron chi connectivity index (χ1n) is 6.57. The van der Waals surface area contributed by atoms with Gasteiger partial charge in [0, 0.05) is 18.7 Å². The molecule has 1 N–H and O–H groups in total. The maximum Gasteiger partial charge on any atom is 0.120 e. The molecule has 2 rings (SSSR count). The summed E-state index contributed by atoms with van der Waals surface area (Å²) in [5.41, 5.74) is 0. The zero-order valence-corrected chi connectivity index (χ0v) is 11.9. The number of rotatable bonds is 5. The van der Waals surface area contributed by atoms with Crippen molar-refractivity contribution in [1.29, 1.82) is 0 Å². The Labute approximate surface area is 119 Å². The molecular formula is C14H19Cl2NO. The number of halogens is 2. The maximum absolute atomic E-state index is 5.92. The van der Waals surface area contributed by atoms with Crippen LogP contribution in [0, 0.1) is 0 Å². The van der Waals surface area contributed by atoms with E-state index in [4.69, 9.17) is 27.9 Å². The molecule has 1 aromatic rings. The molecule has 0 aromatic heterocycles. The van der Waals surface area contributed by atoms with Gasteiger partial charge in [-0.2, -0.15) is 0 Å². The smallest absolute Gasteiger partial charge is 0.120 e. The molecule has 4 heteroatoms. The minimum absolute atomic E-state index is 0.536. The second-order valence-corrected chi connectivity index (χ2v) is 5.53. The van der Waals surface area contributed by atoms with Crippen molar-refractivity contribution in [2.45, 2.75) is 38.1 Å². The van der Waals surface area contributed by atoms with Gasteiger partial charge in [0.1, 0.15) is 12.4 Å². The van der Waals surface area contributed by atoms with Crippen LogP contribution in [0.4, 0.5) is 0 Å².